The fourth-order valence-electron chi connectivity index (χ4n) is 6.67. The fraction of sp³-hybridized carbons (Fsp3) is 0.524. The first kappa shape index (κ1) is 39.9. The van der Waals surface area contributed by atoms with Crippen LogP contribution in [0.15, 0.2) is 47.6 Å². The van der Waals surface area contributed by atoms with Crippen LogP contribution < -0.4 is 4.74 Å². The number of aryl methyl sites for hydroxylation is 2. The van der Waals surface area contributed by atoms with Crippen molar-refractivity contribution in [3.05, 3.63) is 70.5 Å². The number of ether oxygens (including phenoxy) is 3. The molecule has 0 saturated heterocycles. The van der Waals surface area contributed by atoms with Gasteiger partial charge in [0, 0.05) is 16.9 Å². The summed E-state index contributed by atoms with van der Waals surface area (Å²) in [6.07, 6.45) is 17.0. The summed E-state index contributed by atoms with van der Waals surface area (Å²) in [6, 6.07) is 13.7. The number of para-hydroxylation sites is 2. The summed E-state index contributed by atoms with van der Waals surface area (Å²) in [4.78, 5) is 40.5. The number of nitrogens with zero attached hydrogens (tertiary/aromatic N) is 2. The number of hydrogen-bond acceptors (Lipinski definition) is 8. The topological polar surface area (TPSA) is 103 Å². The molecule has 0 aliphatic carbocycles. The molecule has 0 bridgehead atoms. The molecule has 0 saturated carbocycles. The fourth-order valence-corrected chi connectivity index (χ4v) is 7.50. The molecule has 9 heteroatoms. The monoisotopic (exact) mass is 715 g/mol. The minimum atomic E-state index is -0.567. The Morgan fingerprint density at radius 3 is 2.02 bits per heavy atom. The Kier molecular flexibility index (Phi) is 16.3. The maximum absolute atomic E-state index is 14.1. The lowest BCUT2D eigenvalue weighted by molar-refractivity contribution is 0.0377. The van der Waals surface area contributed by atoms with Gasteiger partial charge >= 0.3 is 11.9 Å². The summed E-state index contributed by atoms with van der Waals surface area (Å²) in [5.41, 5.74) is 5.39. The number of thioether (sulfide) groups is 1. The minimum absolute atomic E-state index is 0.238. The van der Waals surface area contributed by atoms with Gasteiger partial charge in [0.15, 0.2) is 5.16 Å². The molecule has 2 heterocycles. The summed E-state index contributed by atoms with van der Waals surface area (Å²) in [5.74, 6) is -0.216. The van der Waals surface area contributed by atoms with Crippen LogP contribution in [-0.4, -0.2) is 47.2 Å². The van der Waals surface area contributed by atoms with Crippen molar-refractivity contribution in [1.82, 2.24) is 15.0 Å². The first-order valence-corrected chi connectivity index (χ1v) is 19.8. The number of fused-ring (bicyclic) bond motifs is 1. The van der Waals surface area contributed by atoms with Crippen LogP contribution in [0.3, 0.4) is 0 Å². The van der Waals surface area contributed by atoms with E-state index in [2.05, 4.69) is 18.0 Å². The van der Waals surface area contributed by atoms with Crippen molar-refractivity contribution in [3.63, 3.8) is 0 Å². The highest BCUT2D eigenvalue weighted by Crippen LogP contribution is 2.42. The van der Waals surface area contributed by atoms with Crippen molar-refractivity contribution < 1.29 is 23.8 Å². The number of hydrogen-bond donors (Lipinski definition) is 1. The smallest absolute Gasteiger partial charge is 0.340 e. The summed E-state index contributed by atoms with van der Waals surface area (Å²) < 4.78 is 17.1. The van der Waals surface area contributed by atoms with E-state index in [-0.39, 0.29) is 17.2 Å². The highest BCUT2D eigenvalue weighted by molar-refractivity contribution is 7.98. The SMILES string of the molecule is CCCCCCCCCCCCCCCc1cccc(OC)c1-c1c(C(=O)OC)c(C)nc(CSc2nc3ccccc3[nH]2)c1C(=O)OC(C)C. The first-order valence-electron chi connectivity index (χ1n) is 18.9. The van der Waals surface area contributed by atoms with Crippen LogP contribution in [0.4, 0.5) is 0 Å². The quantitative estimate of drug-likeness (QED) is 0.0487. The minimum Gasteiger partial charge on any atom is -0.496 e. The van der Waals surface area contributed by atoms with Crippen LogP contribution >= 0.6 is 11.8 Å². The molecule has 4 aromatic rings. The predicted molar refractivity (Wildman–Crippen MR) is 208 cm³/mol. The maximum atomic E-state index is 14.1. The number of benzene rings is 2. The van der Waals surface area contributed by atoms with E-state index in [1.807, 2.05) is 50.2 Å². The lowest BCUT2D eigenvalue weighted by atomic mass is 9.87. The molecular weight excluding hydrogens is 659 g/mol. The van der Waals surface area contributed by atoms with Gasteiger partial charge in [-0.25, -0.2) is 14.6 Å². The lowest BCUT2D eigenvalue weighted by Crippen LogP contribution is -2.20. The third-order valence-corrected chi connectivity index (χ3v) is 10.1. The normalized spacial score (nSPS) is 11.4. The summed E-state index contributed by atoms with van der Waals surface area (Å²) in [5, 5.41) is 0.706. The van der Waals surface area contributed by atoms with Crippen molar-refractivity contribution in [1.29, 1.82) is 0 Å². The molecule has 0 spiro atoms. The van der Waals surface area contributed by atoms with Crippen molar-refractivity contribution >= 4 is 34.7 Å². The van der Waals surface area contributed by atoms with Gasteiger partial charge in [0.1, 0.15) is 5.75 Å². The van der Waals surface area contributed by atoms with E-state index in [4.69, 9.17) is 24.2 Å². The molecule has 8 nitrogen and oxygen atoms in total. The Hall–Kier alpha value is -3.85. The van der Waals surface area contributed by atoms with E-state index in [1.165, 1.54) is 89.5 Å². The molecule has 2 aromatic heterocycles. The Labute approximate surface area is 308 Å². The predicted octanol–water partition coefficient (Wildman–Crippen LogP) is 11.2. The highest BCUT2D eigenvalue weighted by Gasteiger charge is 2.32. The van der Waals surface area contributed by atoms with Gasteiger partial charge in [0.05, 0.1) is 53.9 Å². The van der Waals surface area contributed by atoms with Crippen molar-refractivity contribution in [2.75, 3.05) is 14.2 Å². The van der Waals surface area contributed by atoms with Gasteiger partial charge in [-0.15, -0.1) is 0 Å². The van der Waals surface area contributed by atoms with E-state index in [1.54, 1.807) is 14.0 Å². The first-order chi connectivity index (χ1) is 24.8. The number of esters is 2. The molecule has 1 N–H and O–H groups in total. The number of carbonyl (C=O) groups excluding carboxylic acids is 2. The third kappa shape index (κ3) is 11.3. The van der Waals surface area contributed by atoms with Crippen molar-refractivity contribution in [2.24, 2.45) is 0 Å². The number of nitrogens with one attached hydrogen (secondary N) is 1. The molecular formula is C42H57N3O5S. The van der Waals surface area contributed by atoms with Crippen LogP contribution in [0.2, 0.25) is 0 Å². The van der Waals surface area contributed by atoms with Gasteiger partial charge in [-0.2, -0.15) is 0 Å². The second-order valence-electron chi connectivity index (χ2n) is 13.5. The second kappa shape index (κ2) is 20.9. The Morgan fingerprint density at radius 1 is 0.765 bits per heavy atom. The Balaban J connectivity index is 1.61. The van der Waals surface area contributed by atoms with E-state index in [0.717, 1.165) is 35.9 Å². The zero-order valence-electron chi connectivity index (χ0n) is 31.6. The molecule has 51 heavy (non-hydrogen) atoms. The van der Waals surface area contributed by atoms with Crippen LogP contribution in [0.25, 0.3) is 22.2 Å². The number of carbonyl (C=O) groups is 2. The number of methoxy groups -OCH3 is 2. The highest BCUT2D eigenvalue weighted by atomic mass is 32.2. The number of imidazole rings is 1. The number of aromatic nitrogens is 3. The molecule has 0 aliphatic heterocycles. The van der Waals surface area contributed by atoms with Gasteiger partial charge < -0.3 is 19.2 Å². The van der Waals surface area contributed by atoms with Gasteiger partial charge in [-0.05, 0) is 57.4 Å². The summed E-state index contributed by atoms with van der Waals surface area (Å²) >= 11 is 1.44. The van der Waals surface area contributed by atoms with Gasteiger partial charge in [0.25, 0.3) is 0 Å². The van der Waals surface area contributed by atoms with E-state index in [9.17, 15) is 9.59 Å². The molecule has 0 atom stereocenters. The van der Waals surface area contributed by atoms with E-state index < -0.39 is 11.9 Å². The van der Waals surface area contributed by atoms with Crippen molar-refractivity contribution in [2.45, 2.75) is 135 Å². The average molecular weight is 716 g/mol. The van der Waals surface area contributed by atoms with Crippen molar-refractivity contribution in [3.8, 4) is 16.9 Å². The maximum Gasteiger partial charge on any atom is 0.340 e. The molecule has 0 radical (unpaired) electrons. The third-order valence-electron chi connectivity index (χ3n) is 9.23. The van der Waals surface area contributed by atoms with Crippen LogP contribution in [-0.2, 0) is 21.6 Å². The molecule has 0 amide bonds. The zero-order valence-corrected chi connectivity index (χ0v) is 32.4. The molecule has 4 rings (SSSR count). The van der Waals surface area contributed by atoms with Gasteiger partial charge in [0.2, 0.25) is 0 Å². The van der Waals surface area contributed by atoms with E-state index in [0.29, 0.717) is 39.2 Å². The van der Waals surface area contributed by atoms with Crippen LogP contribution in [0.5, 0.6) is 5.75 Å². The van der Waals surface area contributed by atoms with Crippen LogP contribution in [0, 0.1) is 6.92 Å². The molecule has 0 aliphatic rings. The molecule has 276 valence electrons. The standard InChI is InChI=1S/C42H57N3O5S/c1-7-8-9-10-11-12-13-14-15-16-17-18-19-23-31-24-22-27-35(48-5)37(31)39-36(40(46)49-6)30(4)43-34(38(39)41(47)50-29(2)3)28-51-42-44-32-25-20-21-26-33(32)45-42/h20-22,24-27,29H,7-19,23,28H2,1-6H3,(H,44,45). The van der Waals surface area contributed by atoms with E-state index >= 15 is 0 Å². The number of rotatable bonds is 22. The van der Waals surface area contributed by atoms with Gasteiger partial charge in [-0.3, -0.25) is 4.98 Å². The van der Waals surface area contributed by atoms with Crippen LogP contribution in [0.1, 0.15) is 142 Å². The summed E-state index contributed by atoms with van der Waals surface area (Å²) in [7, 11) is 2.96. The number of unbranched alkanes of at least 4 members (excludes halogenated alkanes) is 12. The average Bonchev–Trinajstić information content (AvgIpc) is 3.54. The lowest BCUT2D eigenvalue weighted by Gasteiger charge is -2.23. The number of aromatic amines is 1. The van der Waals surface area contributed by atoms with Gasteiger partial charge in [-0.1, -0.05) is 120 Å². The Morgan fingerprint density at radius 2 is 1.41 bits per heavy atom. The summed E-state index contributed by atoms with van der Waals surface area (Å²) in [6.45, 7) is 7.67. The molecule has 0 fully saturated rings. The largest absolute Gasteiger partial charge is 0.496 e. The Bertz CT molecular complexity index is 1680. The second-order valence-corrected chi connectivity index (χ2v) is 14.5. The molecule has 0 unspecified atom stereocenters. The molecule has 2 aromatic carbocycles. The zero-order chi connectivity index (χ0) is 36.6. The number of H-pyrrole nitrogens is 1. The number of pyridine rings is 1.